The fourth-order valence-electron chi connectivity index (χ4n) is 2.39. The number of nitrogens with two attached hydrogens (primary N) is 1. The number of methoxy groups -OCH3 is 1. The van der Waals surface area contributed by atoms with E-state index in [0.717, 1.165) is 6.54 Å². The summed E-state index contributed by atoms with van der Waals surface area (Å²) in [4.78, 5) is 23.8. The van der Waals surface area contributed by atoms with Crippen molar-refractivity contribution in [2.45, 2.75) is 33.1 Å². The summed E-state index contributed by atoms with van der Waals surface area (Å²) in [6, 6.07) is 0. The number of thiophene rings is 1. The Bertz CT molecular complexity index is 547. The third-order valence-electron chi connectivity index (χ3n) is 3.89. The van der Waals surface area contributed by atoms with Crippen molar-refractivity contribution in [3.8, 4) is 0 Å². The molecular weight excluding hydrogens is 276 g/mol. The highest BCUT2D eigenvalue weighted by Gasteiger charge is 2.32. The van der Waals surface area contributed by atoms with Crippen LogP contribution >= 0.6 is 11.3 Å². The number of carbonyl (C=O) groups is 2. The Morgan fingerprint density at radius 1 is 1.45 bits per heavy atom. The number of esters is 1. The number of ketones is 1. The fourth-order valence-corrected chi connectivity index (χ4v) is 3.38. The minimum atomic E-state index is -0.507. The van der Waals surface area contributed by atoms with Crippen molar-refractivity contribution in [2.75, 3.05) is 24.7 Å². The van der Waals surface area contributed by atoms with Gasteiger partial charge in [0, 0.05) is 13.5 Å². The van der Waals surface area contributed by atoms with E-state index in [-0.39, 0.29) is 22.4 Å². The van der Waals surface area contributed by atoms with E-state index in [0.29, 0.717) is 9.88 Å². The highest BCUT2D eigenvalue weighted by atomic mass is 32.1. The van der Waals surface area contributed by atoms with E-state index in [1.165, 1.54) is 44.6 Å². The van der Waals surface area contributed by atoms with Crippen LogP contribution in [-0.2, 0) is 4.74 Å². The standard InChI is InChI=1S/C14H20N2O3S/c1-8(17)11-10(15)9(13(18)19-3)12(20-11)16-7-14(2)5-4-6-14/h16H,4-7,15H2,1-3H3. The van der Waals surface area contributed by atoms with Crippen LogP contribution in [0.5, 0.6) is 0 Å². The number of ether oxygens (including phenoxy) is 1. The summed E-state index contributed by atoms with van der Waals surface area (Å²) < 4.78 is 4.76. The zero-order chi connectivity index (χ0) is 14.9. The van der Waals surface area contributed by atoms with E-state index in [9.17, 15) is 9.59 Å². The number of anilines is 2. The smallest absolute Gasteiger partial charge is 0.343 e. The summed E-state index contributed by atoms with van der Waals surface area (Å²) in [5.74, 6) is -0.645. The second-order valence-corrected chi connectivity index (χ2v) is 6.64. The molecular formula is C14H20N2O3S. The quantitative estimate of drug-likeness (QED) is 0.645. The largest absolute Gasteiger partial charge is 0.465 e. The van der Waals surface area contributed by atoms with E-state index in [1.54, 1.807) is 0 Å². The molecule has 1 aliphatic rings. The lowest BCUT2D eigenvalue weighted by atomic mass is 9.70. The first-order valence-electron chi connectivity index (χ1n) is 6.63. The van der Waals surface area contributed by atoms with Gasteiger partial charge in [0.2, 0.25) is 0 Å². The Labute approximate surface area is 122 Å². The number of nitrogen functional groups attached to an aromatic ring is 1. The van der Waals surface area contributed by atoms with Gasteiger partial charge in [-0.3, -0.25) is 4.79 Å². The summed E-state index contributed by atoms with van der Waals surface area (Å²) in [5, 5.41) is 3.90. The molecule has 0 spiro atoms. The Kier molecular flexibility index (Phi) is 4.04. The molecule has 0 aromatic carbocycles. The van der Waals surface area contributed by atoms with E-state index in [1.807, 2.05) is 0 Å². The second kappa shape index (κ2) is 5.44. The number of hydrogen-bond acceptors (Lipinski definition) is 6. The van der Waals surface area contributed by atoms with Gasteiger partial charge in [-0.1, -0.05) is 13.3 Å². The van der Waals surface area contributed by atoms with Crippen LogP contribution < -0.4 is 11.1 Å². The summed E-state index contributed by atoms with van der Waals surface area (Å²) in [6.45, 7) is 4.43. The van der Waals surface area contributed by atoms with Crippen LogP contribution in [-0.4, -0.2) is 25.4 Å². The van der Waals surface area contributed by atoms with Crippen LogP contribution in [0.4, 0.5) is 10.7 Å². The molecule has 1 fully saturated rings. The van der Waals surface area contributed by atoms with Crippen LogP contribution in [0.1, 0.15) is 53.1 Å². The van der Waals surface area contributed by atoms with Crippen LogP contribution in [0.25, 0.3) is 0 Å². The Balaban J connectivity index is 2.27. The van der Waals surface area contributed by atoms with Crippen molar-refractivity contribution in [1.29, 1.82) is 0 Å². The first kappa shape index (κ1) is 14.8. The topological polar surface area (TPSA) is 81.4 Å². The zero-order valence-corrected chi connectivity index (χ0v) is 12.9. The zero-order valence-electron chi connectivity index (χ0n) is 12.0. The highest BCUT2D eigenvalue weighted by Crippen LogP contribution is 2.42. The molecule has 1 aromatic rings. The molecule has 0 bridgehead atoms. The maximum atomic E-state index is 11.9. The van der Waals surface area contributed by atoms with Crippen LogP contribution in [0, 0.1) is 5.41 Å². The predicted octanol–water partition coefficient (Wildman–Crippen LogP) is 2.92. The molecule has 2 rings (SSSR count). The monoisotopic (exact) mass is 296 g/mol. The van der Waals surface area contributed by atoms with Crippen LogP contribution in [0.2, 0.25) is 0 Å². The molecule has 0 saturated heterocycles. The van der Waals surface area contributed by atoms with Gasteiger partial charge >= 0.3 is 5.97 Å². The van der Waals surface area contributed by atoms with Gasteiger partial charge in [-0.2, -0.15) is 0 Å². The van der Waals surface area contributed by atoms with E-state index in [2.05, 4.69) is 12.2 Å². The third-order valence-corrected chi connectivity index (χ3v) is 5.15. The molecule has 3 N–H and O–H groups in total. The summed E-state index contributed by atoms with van der Waals surface area (Å²) in [7, 11) is 1.31. The van der Waals surface area contributed by atoms with Gasteiger partial charge < -0.3 is 15.8 Å². The molecule has 0 radical (unpaired) electrons. The molecule has 1 aromatic heterocycles. The molecule has 1 saturated carbocycles. The molecule has 1 heterocycles. The molecule has 0 aliphatic heterocycles. The van der Waals surface area contributed by atoms with Crippen molar-refractivity contribution >= 4 is 33.8 Å². The number of rotatable bonds is 5. The lowest BCUT2D eigenvalue weighted by Gasteiger charge is -2.38. The van der Waals surface area contributed by atoms with Crippen molar-refractivity contribution in [1.82, 2.24) is 0 Å². The van der Waals surface area contributed by atoms with Crippen molar-refractivity contribution < 1.29 is 14.3 Å². The van der Waals surface area contributed by atoms with Gasteiger partial charge in [0.25, 0.3) is 0 Å². The molecule has 20 heavy (non-hydrogen) atoms. The van der Waals surface area contributed by atoms with Crippen molar-refractivity contribution in [2.24, 2.45) is 5.41 Å². The molecule has 0 unspecified atom stereocenters. The van der Waals surface area contributed by atoms with Crippen LogP contribution in [0.15, 0.2) is 0 Å². The number of Topliss-reactive ketones (excluding diaryl/α,β-unsaturated/α-hetero) is 1. The average Bonchev–Trinajstić information content (AvgIpc) is 2.70. The Morgan fingerprint density at radius 3 is 2.55 bits per heavy atom. The molecule has 5 nitrogen and oxygen atoms in total. The fraction of sp³-hybridized carbons (Fsp3) is 0.571. The lowest BCUT2D eigenvalue weighted by Crippen LogP contribution is -2.33. The first-order valence-corrected chi connectivity index (χ1v) is 7.45. The van der Waals surface area contributed by atoms with Crippen LogP contribution in [0.3, 0.4) is 0 Å². The number of nitrogens with one attached hydrogen (secondary N) is 1. The van der Waals surface area contributed by atoms with E-state index in [4.69, 9.17) is 10.5 Å². The molecule has 0 amide bonds. The molecule has 110 valence electrons. The Morgan fingerprint density at radius 2 is 2.10 bits per heavy atom. The highest BCUT2D eigenvalue weighted by molar-refractivity contribution is 7.19. The SMILES string of the molecule is COC(=O)c1c(NCC2(C)CCC2)sc(C(C)=O)c1N. The summed E-state index contributed by atoms with van der Waals surface area (Å²) >= 11 is 1.23. The second-order valence-electron chi connectivity index (χ2n) is 5.61. The van der Waals surface area contributed by atoms with Crippen molar-refractivity contribution in [3.63, 3.8) is 0 Å². The van der Waals surface area contributed by atoms with Gasteiger partial charge in [-0.25, -0.2) is 4.79 Å². The predicted molar refractivity (Wildman–Crippen MR) is 80.5 cm³/mol. The molecule has 0 atom stereocenters. The van der Waals surface area contributed by atoms with Crippen molar-refractivity contribution in [3.05, 3.63) is 10.4 Å². The minimum absolute atomic E-state index is 0.138. The summed E-state index contributed by atoms with van der Waals surface area (Å²) in [6.07, 6.45) is 3.59. The first-order chi connectivity index (χ1) is 9.38. The molecule has 1 aliphatic carbocycles. The lowest BCUT2D eigenvalue weighted by molar-refractivity contribution is 0.0603. The maximum absolute atomic E-state index is 11.9. The maximum Gasteiger partial charge on any atom is 0.343 e. The number of carbonyl (C=O) groups excluding carboxylic acids is 2. The molecule has 6 heteroatoms. The third kappa shape index (κ3) is 2.65. The van der Waals surface area contributed by atoms with Gasteiger partial charge in [-0.15, -0.1) is 11.3 Å². The minimum Gasteiger partial charge on any atom is -0.465 e. The Hall–Kier alpha value is -1.56. The number of hydrogen-bond donors (Lipinski definition) is 2. The van der Waals surface area contributed by atoms with Gasteiger partial charge in [0.15, 0.2) is 5.78 Å². The van der Waals surface area contributed by atoms with E-state index >= 15 is 0 Å². The van der Waals surface area contributed by atoms with Gasteiger partial charge in [0.1, 0.15) is 10.6 Å². The normalized spacial score (nSPS) is 16.4. The summed E-state index contributed by atoms with van der Waals surface area (Å²) in [5.41, 5.74) is 6.68. The van der Waals surface area contributed by atoms with Gasteiger partial charge in [0.05, 0.1) is 17.7 Å². The van der Waals surface area contributed by atoms with E-state index < -0.39 is 5.97 Å². The van der Waals surface area contributed by atoms with Gasteiger partial charge in [-0.05, 0) is 18.3 Å². The average molecular weight is 296 g/mol.